The van der Waals surface area contributed by atoms with Crippen LogP contribution in [0.3, 0.4) is 0 Å². The van der Waals surface area contributed by atoms with Gasteiger partial charge in [-0.15, -0.1) is 0 Å². The molecule has 2 fully saturated rings. The molecule has 4 rings (SSSR count). The lowest BCUT2D eigenvalue weighted by Gasteiger charge is -2.42. The normalized spacial score (nSPS) is 21.9. The number of nitrogens with one attached hydrogen (secondary N) is 1. The standard InChI is InChI=1S/C27H34N4O/c1-30(2)19-26(32)31-13-11-27(12-14-31,17-21-7-6-8-22(15-21)18-28)20-29-25-16-24(25)23-9-4-3-5-10-23/h3-10,15,24-25,29H,11-14,16-17,19-20H2,1-2H3/t24?,25-/m1/s1. The van der Waals surface area contributed by atoms with Crippen LogP contribution in [0.1, 0.15) is 41.9 Å². The van der Waals surface area contributed by atoms with Crippen molar-refractivity contribution in [3.63, 3.8) is 0 Å². The lowest BCUT2D eigenvalue weighted by molar-refractivity contribution is -0.134. The molecular weight excluding hydrogens is 396 g/mol. The number of piperidine rings is 1. The second-order valence-electron chi connectivity index (χ2n) is 9.85. The van der Waals surface area contributed by atoms with Gasteiger partial charge in [-0.1, -0.05) is 42.5 Å². The average Bonchev–Trinajstić information content (AvgIpc) is 3.58. The molecule has 2 aromatic carbocycles. The zero-order valence-corrected chi connectivity index (χ0v) is 19.3. The molecule has 1 unspecified atom stereocenters. The Hall–Kier alpha value is -2.68. The van der Waals surface area contributed by atoms with Crippen molar-refractivity contribution in [1.82, 2.24) is 15.1 Å². The third kappa shape index (κ3) is 5.56. The Morgan fingerprint density at radius 2 is 1.91 bits per heavy atom. The first-order valence-electron chi connectivity index (χ1n) is 11.7. The Balaban J connectivity index is 1.43. The molecule has 5 nitrogen and oxygen atoms in total. The van der Waals surface area contributed by atoms with Gasteiger partial charge in [0.2, 0.25) is 5.91 Å². The quantitative estimate of drug-likeness (QED) is 0.697. The predicted octanol–water partition coefficient (Wildman–Crippen LogP) is 3.42. The summed E-state index contributed by atoms with van der Waals surface area (Å²) in [7, 11) is 3.88. The Labute approximate surface area is 192 Å². The number of carbonyl (C=O) groups is 1. The van der Waals surface area contributed by atoms with Crippen LogP contribution in [0.2, 0.25) is 0 Å². The van der Waals surface area contributed by atoms with Gasteiger partial charge in [-0.25, -0.2) is 0 Å². The fourth-order valence-corrected chi connectivity index (χ4v) is 5.04. The minimum absolute atomic E-state index is 0.104. The predicted molar refractivity (Wildman–Crippen MR) is 127 cm³/mol. The van der Waals surface area contributed by atoms with Gasteiger partial charge in [0.15, 0.2) is 0 Å². The molecule has 0 radical (unpaired) electrons. The third-order valence-corrected chi connectivity index (χ3v) is 7.02. The zero-order chi connectivity index (χ0) is 22.6. The van der Waals surface area contributed by atoms with Gasteiger partial charge >= 0.3 is 0 Å². The highest BCUT2D eigenvalue weighted by molar-refractivity contribution is 5.78. The second-order valence-corrected chi connectivity index (χ2v) is 9.85. The molecule has 1 N–H and O–H groups in total. The maximum absolute atomic E-state index is 12.6. The van der Waals surface area contributed by atoms with Crippen LogP contribution in [0.15, 0.2) is 54.6 Å². The number of amides is 1. The van der Waals surface area contributed by atoms with Crippen molar-refractivity contribution in [2.45, 2.75) is 37.6 Å². The van der Waals surface area contributed by atoms with Gasteiger partial charge < -0.3 is 15.1 Å². The van der Waals surface area contributed by atoms with Gasteiger partial charge in [0, 0.05) is 31.6 Å². The van der Waals surface area contributed by atoms with Crippen LogP contribution in [0, 0.1) is 16.7 Å². The number of carbonyl (C=O) groups excluding carboxylic acids is 1. The van der Waals surface area contributed by atoms with Crippen LogP contribution in [0.4, 0.5) is 0 Å². The molecule has 5 heteroatoms. The summed E-state index contributed by atoms with van der Waals surface area (Å²) in [5.41, 5.74) is 3.46. The van der Waals surface area contributed by atoms with Gasteiger partial charge in [0.05, 0.1) is 18.2 Å². The van der Waals surface area contributed by atoms with Gasteiger partial charge in [0.25, 0.3) is 0 Å². The van der Waals surface area contributed by atoms with E-state index in [0.717, 1.165) is 44.5 Å². The number of hydrogen-bond donors (Lipinski definition) is 1. The molecule has 1 saturated heterocycles. The largest absolute Gasteiger partial charge is 0.342 e. The number of rotatable bonds is 8. The fourth-order valence-electron chi connectivity index (χ4n) is 5.04. The number of benzene rings is 2. The number of nitriles is 1. The molecule has 2 aliphatic rings. The van der Waals surface area contributed by atoms with Crippen molar-refractivity contribution in [3.05, 3.63) is 71.3 Å². The van der Waals surface area contributed by atoms with Crippen LogP contribution in [0.5, 0.6) is 0 Å². The van der Waals surface area contributed by atoms with Crippen molar-refractivity contribution in [1.29, 1.82) is 5.26 Å². The highest BCUT2D eigenvalue weighted by atomic mass is 16.2. The minimum Gasteiger partial charge on any atom is -0.342 e. The molecule has 1 aliphatic heterocycles. The van der Waals surface area contributed by atoms with Crippen LogP contribution in [-0.4, -0.2) is 62.0 Å². The van der Waals surface area contributed by atoms with Crippen LogP contribution in [0.25, 0.3) is 0 Å². The van der Waals surface area contributed by atoms with Gasteiger partial charge in [-0.2, -0.15) is 5.26 Å². The molecule has 2 atom stereocenters. The van der Waals surface area contributed by atoms with Crippen molar-refractivity contribution < 1.29 is 4.79 Å². The molecule has 168 valence electrons. The van der Waals surface area contributed by atoms with Gasteiger partial charge in [0.1, 0.15) is 0 Å². The van der Waals surface area contributed by atoms with E-state index in [4.69, 9.17) is 0 Å². The number of likely N-dealkylation sites (N-methyl/N-ethyl adjacent to an activating group) is 1. The summed E-state index contributed by atoms with van der Waals surface area (Å²) in [6.07, 6.45) is 4.10. The minimum atomic E-state index is 0.104. The van der Waals surface area contributed by atoms with E-state index in [-0.39, 0.29) is 11.3 Å². The Morgan fingerprint density at radius 1 is 1.16 bits per heavy atom. The molecule has 1 heterocycles. The van der Waals surface area contributed by atoms with E-state index in [2.05, 4.69) is 47.8 Å². The van der Waals surface area contributed by atoms with E-state index < -0.39 is 0 Å². The number of likely N-dealkylation sites (tertiary alicyclic amines) is 1. The lowest BCUT2D eigenvalue weighted by atomic mass is 9.73. The fraction of sp³-hybridized carbons (Fsp3) is 0.481. The molecule has 32 heavy (non-hydrogen) atoms. The molecule has 1 amide bonds. The van der Waals surface area contributed by atoms with Gasteiger partial charge in [-0.3, -0.25) is 4.79 Å². The van der Waals surface area contributed by atoms with Crippen LogP contribution >= 0.6 is 0 Å². The van der Waals surface area contributed by atoms with E-state index in [1.807, 2.05) is 42.1 Å². The summed E-state index contributed by atoms with van der Waals surface area (Å²) >= 11 is 0. The van der Waals surface area contributed by atoms with E-state index in [9.17, 15) is 10.1 Å². The zero-order valence-electron chi connectivity index (χ0n) is 19.3. The van der Waals surface area contributed by atoms with E-state index in [0.29, 0.717) is 18.5 Å². The monoisotopic (exact) mass is 430 g/mol. The first-order valence-corrected chi connectivity index (χ1v) is 11.7. The Kier molecular flexibility index (Phi) is 6.93. The summed E-state index contributed by atoms with van der Waals surface area (Å²) in [5.74, 6) is 0.825. The van der Waals surface area contributed by atoms with E-state index in [1.54, 1.807) is 0 Å². The maximum atomic E-state index is 12.6. The van der Waals surface area contributed by atoms with Gasteiger partial charge in [-0.05, 0) is 68.5 Å². The average molecular weight is 431 g/mol. The molecule has 0 spiro atoms. The molecule has 0 aromatic heterocycles. The SMILES string of the molecule is CN(C)CC(=O)N1CCC(CN[C@@H]2CC2c2ccccc2)(Cc2cccc(C#N)c2)CC1. The molecule has 2 aromatic rings. The highest BCUT2D eigenvalue weighted by Crippen LogP contribution is 2.42. The van der Waals surface area contributed by atoms with E-state index in [1.165, 1.54) is 17.5 Å². The van der Waals surface area contributed by atoms with Crippen molar-refractivity contribution >= 4 is 5.91 Å². The summed E-state index contributed by atoms with van der Waals surface area (Å²) in [5, 5.41) is 13.2. The Morgan fingerprint density at radius 3 is 2.59 bits per heavy atom. The number of hydrogen-bond acceptors (Lipinski definition) is 4. The highest BCUT2D eigenvalue weighted by Gasteiger charge is 2.41. The molecular formula is C27H34N4O. The summed E-state index contributed by atoms with van der Waals surface area (Å²) in [6, 6.07) is 21.6. The second kappa shape index (κ2) is 9.85. The maximum Gasteiger partial charge on any atom is 0.236 e. The van der Waals surface area contributed by atoms with Crippen LogP contribution in [-0.2, 0) is 11.2 Å². The van der Waals surface area contributed by atoms with Crippen molar-refractivity contribution in [2.24, 2.45) is 5.41 Å². The third-order valence-electron chi connectivity index (χ3n) is 7.02. The smallest absolute Gasteiger partial charge is 0.236 e. The Bertz CT molecular complexity index is 957. The van der Waals surface area contributed by atoms with E-state index >= 15 is 0 Å². The van der Waals surface area contributed by atoms with Crippen LogP contribution < -0.4 is 5.32 Å². The lowest BCUT2D eigenvalue weighted by Crippen LogP contribution is -2.50. The van der Waals surface area contributed by atoms with Crippen molar-refractivity contribution in [3.8, 4) is 6.07 Å². The summed E-state index contributed by atoms with van der Waals surface area (Å²) < 4.78 is 0. The molecule has 1 aliphatic carbocycles. The first kappa shape index (κ1) is 22.5. The van der Waals surface area contributed by atoms with Crippen molar-refractivity contribution in [2.75, 3.05) is 40.3 Å². The first-order chi connectivity index (χ1) is 15.5. The molecule has 1 saturated carbocycles. The molecule has 0 bridgehead atoms. The summed E-state index contributed by atoms with van der Waals surface area (Å²) in [6.45, 7) is 3.03. The summed E-state index contributed by atoms with van der Waals surface area (Å²) in [4.78, 5) is 16.5. The number of nitrogens with zero attached hydrogens (tertiary/aromatic N) is 3. The topological polar surface area (TPSA) is 59.4 Å².